The first kappa shape index (κ1) is 26.3. The van der Waals surface area contributed by atoms with Crippen molar-refractivity contribution in [3.8, 4) is 0 Å². The normalized spacial score (nSPS) is 47.5. The van der Waals surface area contributed by atoms with Crippen LogP contribution in [0.1, 0.15) is 72.6 Å². The van der Waals surface area contributed by atoms with E-state index in [-0.39, 0.29) is 42.1 Å². The zero-order chi connectivity index (χ0) is 25.2. The summed E-state index contributed by atoms with van der Waals surface area (Å²) < 4.78 is 0. The van der Waals surface area contributed by atoms with Gasteiger partial charge in [0.1, 0.15) is 0 Å². The molecule has 12 atom stereocenters. The molecule has 0 heterocycles. The van der Waals surface area contributed by atoms with Crippen LogP contribution < -0.4 is 0 Å². The third-order valence-corrected chi connectivity index (χ3v) is 11.1. The van der Waals surface area contributed by atoms with Crippen LogP contribution in [0.2, 0.25) is 0 Å². The monoisotopic (exact) mass is 478 g/mol. The molecule has 0 aliphatic heterocycles. The van der Waals surface area contributed by atoms with Crippen molar-refractivity contribution in [3.05, 3.63) is 23.8 Å². The molecule has 1 unspecified atom stereocenters. The summed E-state index contributed by atoms with van der Waals surface area (Å²) in [5.74, 6) is 0.750. The molecular weight excluding hydrogens is 432 g/mol. The summed E-state index contributed by atoms with van der Waals surface area (Å²) in [7, 11) is 0. The summed E-state index contributed by atoms with van der Waals surface area (Å²) in [6.45, 7) is 11.6. The highest BCUT2D eigenvalue weighted by molar-refractivity contribution is 5.30. The van der Waals surface area contributed by atoms with E-state index in [0.717, 1.165) is 31.3 Å². The van der Waals surface area contributed by atoms with Crippen molar-refractivity contribution in [2.45, 2.75) is 103 Å². The van der Waals surface area contributed by atoms with E-state index in [2.05, 4.69) is 27.4 Å². The maximum Gasteiger partial charge on any atom is 0.0872 e. The lowest BCUT2D eigenvalue weighted by Crippen LogP contribution is -2.59. The molecule has 4 aliphatic carbocycles. The fourth-order valence-corrected chi connectivity index (χ4v) is 8.77. The van der Waals surface area contributed by atoms with Crippen LogP contribution in [0, 0.1) is 40.4 Å². The second-order valence-electron chi connectivity index (χ2n) is 12.8. The Morgan fingerprint density at radius 2 is 1.85 bits per heavy atom. The SMILES string of the molecule is C=C(CO)C(C)(O)C[C@@H](O)[C@@H](C)[C@H]1CC[C@H]2[C@@H]3[C@H](O)C=C4C[C@@H](O)C[C@H](O)[C@]4(C)[C@H]3CC[C@]12C. The van der Waals surface area contributed by atoms with Gasteiger partial charge < -0.3 is 30.6 Å². The molecule has 0 radical (unpaired) electrons. The summed E-state index contributed by atoms with van der Waals surface area (Å²) in [6, 6.07) is 0. The van der Waals surface area contributed by atoms with Gasteiger partial charge in [0.25, 0.3) is 0 Å². The Morgan fingerprint density at radius 3 is 2.50 bits per heavy atom. The van der Waals surface area contributed by atoms with Crippen molar-refractivity contribution in [1.82, 2.24) is 0 Å². The van der Waals surface area contributed by atoms with Crippen LogP contribution >= 0.6 is 0 Å². The maximum atomic E-state index is 11.3. The first-order valence-electron chi connectivity index (χ1n) is 13.2. The van der Waals surface area contributed by atoms with Gasteiger partial charge in [-0.1, -0.05) is 39.0 Å². The van der Waals surface area contributed by atoms with Gasteiger partial charge in [-0.05, 0) is 79.6 Å². The van der Waals surface area contributed by atoms with E-state index in [4.69, 9.17) is 0 Å². The zero-order valence-corrected chi connectivity index (χ0v) is 21.3. The quantitative estimate of drug-likeness (QED) is 0.326. The molecule has 3 fully saturated rings. The van der Waals surface area contributed by atoms with Gasteiger partial charge in [-0.15, -0.1) is 0 Å². The van der Waals surface area contributed by atoms with Gasteiger partial charge in [0, 0.05) is 18.3 Å². The van der Waals surface area contributed by atoms with Crippen molar-refractivity contribution < 1.29 is 30.6 Å². The predicted molar refractivity (Wildman–Crippen MR) is 131 cm³/mol. The number of aliphatic hydroxyl groups is 6. The summed E-state index contributed by atoms with van der Waals surface area (Å²) in [4.78, 5) is 0. The van der Waals surface area contributed by atoms with E-state index in [0.29, 0.717) is 24.3 Å². The predicted octanol–water partition coefficient (Wildman–Crippen LogP) is 2.55. The second-order valence-corrected chi connectivity index (χ2v) is 12.8. The summed E-state index contributed by atoms with van der Waals surface area (Å²) >= 11 is 0. The third-order valence-electron chi connectivity index (χ3n) is 11.1. The van der Waals surface area contributed by atoms with Crippen LogP contribution in [-0.2, 0) is 0 Å². The number of fused-ring (bicyclic) bond motifs is 5. The molecule has 0 aromatic carbocycles. The van der Waals surface area contributed by atoms with Gasteiger partial charge >= 0.3 is 0 Å². The van der Waals surface area contributed by atoms with Gasteiger partial charge in [0.15, 0.2) is 0 Å². The Morgan fingerprint density at radius 1 is 1.18 bits per heavy atom. The summed E-state index contributed by atoms with van der Waals surface area (Å²) in [6.07, 6.45) is 4.36. The van der Waals surface area contributed by atoms with Crippen LogP contribution in [0.4, 0.5) is 0 Å². The Hall–Kier alpha value is -0.760. The highest BCUT2D eigenvalue weighted by Gasteiger charge is 2.63. The first-order valence-corrected chi connectivity index (χ1v) is 13.2. The number of hydrogen-bond donors (Lipinski definition) is 6. The lowest BCUT2D eigenvalue weighted by molar-refractivity contribution is -0.137. The third kappa shape index (κ3) is 3.93. The van der Waals surface area contributed by atoms with E-state index in [1.54, 1.807) is 6.92 Å². The highest BCUT2D eigenvalue weighted by atomic mass is 16.3. The van der Waals surface area contributed by atoms with Crippen molar-refractivity contribution in [2.75, 3.05) is 6.61 Å². The molecule has 0 bridgehead atoms. The van der Waals surface area contributed by atoms with Gasteiger partial charge in [-0.25, -0.2) is 0 Å². The fourth-order valence-electron chi connectivity index (χ4n) is 8.77. The molecule has 4 aliphatic rings. The minimum atomic E-state index is -1.32. The summed E-state index contributed by atoms with van der Waals surface area (Å²) in [5.41, 5.74) is -0.441. The van der Waals surface area contributed by atoms with Crippen LogP contribution in [0.25, 0.3) is 0 Å². The van der Waals surface area contributed by atoms with Gasteiger partial charge in [0.05, 0.1) is 36.6 Å². The van der Waals surface area contributed by atoms with Gasteiger partial charge in [0.2, 0.25) is 0 Å². The lowest BCUT2D eigenvalue weighted by Gasteiger charge is -2.60. The van der Waals surface area contributed by atoms with Crippen LogP contribution in [0.3, 0.4) is 0 Å². The minimum absolute atomic E-state index is 0.0385. The van der Waals surface area contributed by atoms with Crippen LogP contribution in [0.5, 0.6) is 0 Å². The number of aliphatic hydroxyl groups excluding tert-OH is 5. The lowest BCUT2D eigenvalue weighted by atomic mass is 9.45. The first-order chi connectivity index (χ1) is 15.8. The molecule has 6 nitrogen and oxygen atoms in total. The molecule has 3 saturated carbocycles. The van der Waals surface area contributed by atoms with E-state index in [1.165, 1.54) is 0 Å². The highest BCUT2D eigenvalue weighted by Crippen LogP contribution is 2.67. The molecule has 6 N–H and O–H groups in total. The van der Waals surface area contributed by atoms with E-state index < -0.39 is 35.4 Å². The van der Waals surface area contributed by atoms with Crippen molar-refractivity contribution in [1.29, 1.82) is 0 Å². The van der Waals surface area contributed by atoms with Crippen LogP contribution in [-0.4, -0.2) is 67.3 Å². The molecule has 34 heavy (non-hydrogen) atoms. The Balaban J connectivity index is 1.57. The average Bonchev–Trinajstić information content (AvgIpc) is 3.11. The van der Waals surface area contributed by atoms with E-state index in [1.807, 2.05) is 6.08 Å². The molecule has 6 heteroatoms. The Bertz CT molecular complexity index is 822. The minimum Gasteiger partial charge on any atom is -0.393 e. The molecule has 0 spiro atoms. The Kier molecular flexibility index (Phi) is 6.94. The van der Waals surface area contributed by atoms with Crippen LogP contribution in [0.15, 0.2) is 23.8 Å². The van der Waals surface area contributed by atoms with Crippen molar-refractivity contribution in [3.63, 3.8) is 0 Å². The van der Waals surface area contributed by atoms with Crippen molar-refractivity contribution in [2.24, 2.45) is 40.4 Å². The number of rotatable bonds is 6. The molecule has 4 rings (SSSR count). The molecular formula is C28H46O6. The summed E-state index contributed by atoms with van der Waals surface area (Å²) in [5, 5.41) is 63.9. The molecule has 0 saturated heterocycles. The van der Waals surface area contributed by atoms with Gasteiger partial charge in [-0.2, -0.15) is 0 Å². The Labute approximate surface area is 204 Å². The topological polar surface area (TPSA) is 121 Å². The van der Waals surface area contributed by atoms with E-state index in [9.17, 15) is 30.6 Å². The smallest absolute Gasteiger partial charge is 0.0872 e. The largest absolute Gasteiger partial charge is 0.393 e. The zero-order valence-electron chi connectivity index (χ0n) is 21.3. The maximum absolute atomic E-state index is 11.3. The fraction of sp³-hybridized carbons (Fsp3) is 0.857. The molecule has 0 aromatic heterocycles. The van der Waals surface area contributed by atoms with Crippen molar-refractivity contribution >= 4 is 0 Å². The standard InChI is InChI=1S/C28H46O6/c1-15(14-29)27(4,34)13-23(32)16(2)19-6-7-20-25-21(8-9-26(19,20)3)28(5)17(11-22(25)31)10-18(30)12-24(28)33/h11,16,18-25,29-34H,1,6-10,12-14H2,2-5H3/t16-,18+,19+,20-,21-,22+,23+,24-,25-,26+,27?,28-/m0/s1. The second kappa shape index (κ2) is 8.97. The average molecular weight is 479 g/mol. The van der Waals surface area contributed by atoms with Gasteiger partial charge in [-0.3, -0.25) is 0 Å². The molecule has 0 aromatic rings. The molecule has 194 valence electrons. The van der Waals surface area contributed by atoms with E-state index >= 15 is 0 Å². The molecule has 0 amide bonds. The number of hydrogen-bond acceptors (Lipinski definition) is 6.